The van der Waals surface area contributed by atoms with E-state index in [1.807, 2.05) is 55.5 Å². The molecular weight excluding hydrogens is 338 g/mol. The van der Waals surface area contributed by atoms with Gasteiger partial charge in [0.05, 0.1) is 17.8 Å². The summed E-state index contributed by atoms with van der Waals surface area (Å²) in [5.41, 5.74) is 11.0. The largest absolute Gasteiger partial charge is 0.392 e. The lowest BCUT2D eigenvalue weighted by Gasteiger charge is -2.16. The van der Waals surface area contributed by atoms with Crippen molar-refractivity contribution in [2.24, 2.45) is 5.73 Å². The van der Waals surface area contributed by atoms with Gasteiger partial charge in [0, 0.05) is 41.2 Å². The molecular formula is C22H23N3O2. The molecule has 5 heteroatoms. The zero-order valence-corrected chi connectivity index (χ0v) is 15.4. The maximum absolute atomic E-state index is 12.6. The first kappa shape index (κ1) is 17.6. The Morgan fingerprint density at radius 1 is 1.22 bits per heavy atom. The molecule has 1 aliphatic heterocycles. The van der Waals surface area contributed by atoms with Crippen LogP contribution in [0.4, 0.5) is 0 Å². The molecule has 2 heterocycles. The summed E-state index contributed by atoms with van der Waals surface area (Å²) < 4.78 is 0. The van der Waals surface area contributed by atoms with Crippen LogP contribution in [-0.2, 0) is 6.61 Å². The average Bonchev–Trinajstić information content (AvgIpc) is 3.13. The number of nitrogens with zero attached hydrogens (tertiary/aromatic N) is 2. The Bertz CT molecular complexity index is 998. The summed E-state index contributed by atoms with van der Waals surface area (Å²) in [7, 11) is 0. The smallest absolute Gasteiger partial charge is 0.253 e. The number of aliphatic hydroxyl groups is 1. The van der Waals surface area contributed by atoms with Crippen LogP contribution in [0.5, 0.6) is 0 Å². The number of aromatic nitrogens is 1. The van der Waals surface area contributed by atoms with Gasteiger partial charge in [0.1, 0.15) is 0 Å². The van der Waals surface area contributed by atoms with Gasteiger partial charge in [-0.05, 0) is 43.2 Å². The van der Waals surface area contributed by atoms with Crippen LogP contribution in [0.25, 0.3) is 22.2 Å². The molecule has 1 saturated heterocycles. The van der Waals surface area contributed by atoms with Gasteiger partial charge in [0.25, 0.3) is 5.91 Å². The summed E-state index contributed by atoms with van der Waals surface area (Å²) in [5.74, 6) is 0.0129. The van der Waals surface area contributed by atoms with E-state index in [9.17, 15) is 9.90 Å². The van der Waals surface area contributed by atoms with Crippen LogP contribution in [0.2, 0.25) is 0 Å². The van der Waals surface area contributed by atoms with Crippen LogP contribution in [0.15, 0.2) is 48.5 Å². The minimum absolute atomic E-state index is 0.0129. The molecule has 1 atom stereocenters. The lowest BCUT2D eigenvalue weighted by Crippen LogP contribution is -2.31. The highest BCUT2D eigenvalue weighted by molar-refractivity contribution is 5.95. The van der Waals surface area contributed by atoms with E-state index in [-0.39, 0.29) is 18.6 Å². The molecule has 0 unspecified atom stereocenters. The molecule has 27 heavy (non-hydrogen) atoms. The Morgan fingerprint density at radius 3 is 2.67 bits per heavy atom. The molecule has 3 N–H and O–H groups in total. The van der Waals surface area contributed by atoms with Gasteiger partial charge in [0.15, 0.2) is 0 Å². The van der Waals surface area contributed by atoms with Gasteiger partial charge in [-0.2, -0.15) is 0 Å². The quantitative estimate of drug-likeness (QED) is 0.752. The fourth-order valence-corrected chi connectivity index (χ4v) is 3.62. The molecule has 0 bridgehead atoms. The van der Waals surface area contributed by atoms with E-state index < -0.39 is 0 Å². The number of rotatable bonds is 3. The normalized spacial score (nSPS) is 16.9. The molecule has 0 aliphatic carbocycles. The van der Waals surface area contributed by atoms with Crippen molar-refractivity contribution in [3.8, 4) is 11.3 Å². The van der Waals surface area contributed by atoms with Gasteiger partial charge >= 0.3 is 0 Å². The van der Waals surface area contributed by atoms with E-state index in [4.69, 9.17) is 10.7 Å². The minimum Gasteiger partial charge on any atom is -0.392 e. The van der Waals surface area contributed by atoms with Crippen LogP contribution in [0.3, 0.4) is 0 Å². The number of likely N-dealkylation sites (tertiary alicyclic amines) is 1. The molecule has 3 aromatic rings. The molecule has 138 valence electrons. The number of fused-ring (bicyclic) bond motifs is 1. The van der Waals surface area contributed by atoms with Crippen LogP contribution >= 0.6 is 0 Å². The fraction of sp³-hybridized carbons (Fsp3) is 0.273. The molecule has 0 radical (unpaired) electrons. The summed E-state index contributed by atoms with van der Waals surface area (Å²) in [6, 6.07) is 15.6. The van der Waals surface area contributed by atoms with Gasteiger partial charge < -0.3 is 15.7 Å². The molecule has 0 spiro atoms. The van der Waals surface area contributed by atoms with Crippen molar-refractivity contribution in [2.75, 3.05) is 13.1 Å². The molecule has 1 amide bonds. The first-order valence-electron chi connectivity index (χ1n) is 9.21. The third-order valence-corrected chi connectivity index (χ3v) is 5.14. The summed E-state index contributed by atoms with van der Waals surface area (Å²) in [5, 5.41) is 10.8. The first-order valence-corrected chi connectivity index (χ1v) is 9.21. The Hall–Kier alpha value is -2.76. The zero-order chi connectivity index (χ0) is 19.0. The number of pyridine rings is 1. The number of benzene rings is 2. The highest BCUT2D eigenvalue weighted by Gasteiger charge is 2.24. The number of carbonyl (C=O) groups excluding carboxylic acids is 1. The molecule has 1 aromatic heterocycles. The monoisotopic (exact) mass is 361 g/mol. The summed E-state index contributed by atoms with van der Waals surface area (Å²) in [4.78, 5) is 19.2. The first-order chi connectivity index (χ1) is 13.0. The SMILES string of the molecule is Cc1ccc2cc(CO)c(-c3ccc(C(=O)N4CC[C@H](N)C4)cc3)nc2c1. The van der Waals surface area contributed by atoms with Gasteiger partial charge in [0.2, 0.25) is 0 Å². The predicted octanol–water partition coefficient (Wildman–Crippen LogP) is 2.88. The molecule has 5 nitrogen and oxygen atoms in total. The van der Waals surface area contributed by atoms with Crippen molar-refractivity contribution in [3.63, 3.8) is 0 Å². The van der Waals surface area contributed by atoms with Gasteiger partial charge in [-0.15, -0.1) is 0 Å². The van der Waals surface area contributed by atoms with E-state index >= 15 is 0 Å². The number of hydrogen-bond acceptors (Lipinski definition) is 4. The van der Waals surface area contributed by atoms with Crippen molar-refractivity contribution < 1.29 is 9.90 Å². The van der Waals surface area contributed by atoms with Crippen molar-refractivity contribution in [1.29, 1.82) is 0 Å². The number of carbonyl (C=O) groups is 1. The zero-order valence-electron chi connectivity index (χ0n) is 15.4. The Morgan fingerprint density at radius 2 is 2.00 bits per heavy atom. The minimum atomic E-state index is -0.0848. The number of hydrogen-bond donors (Lipinski definition) is 2. The van der Waals surface area contributed by atoms with Crippen LogP contribution in [0, 0.1) is 6.92 Å². The summed E-state index contributed by atoms with van der Waals surface area (Å²) in [6.45, 7) is 3.27. The molecule has 2 aromatic carbocycles. The maximum Gasteiger partial charge on any atom is 0.253 e. The maximum atomic E-state index is 12.6. The van der Waals surface area contributed by atoms with E-state index in [0.717, 1.165) is 39.7 Å². The van der Waals surface area contributed by atoms with Gasteiger partial charge in [-0.3, -0.25) is 4.79 Å². The predicted molar refractivity (Wildman–Crippen MR) is 106 cm³/mol. The number of amides is 1. The third kappa shape index (κ3) is 3.44. The number of aryl methyl sites for hydroxylation is 1. The molecule has 1 fully saturated rings. The number of aliphatic hydroxyl groups excluding tert-OH is 1. The molecule has 4 rings (SSSR count). The van der Waals surface area contributed by atoms with Crippen LogP contribution in [-0.4, -0.2) is 40.0 Å². The van der Waals surface area contributed by atoms with E-state index in [1.54, 1.807) is 4.90 Å². The van der Waals surface area contributed by atoms with Crippen molar-refractivity contribution in [3.05, 3.63) is 65.2 Å². The van der Waals surface area contributed by atoms with Crippen molar-refractivity contribution in [1.82, 2.24) is 9.88 Å². The van der Waals surface area contributed by atoms with Crippen LogP contribution in [0.1, 0.15) is 27.9 Å². The van der Waals surface area contributed by atoms with Gasteiger partial charge in [-0.25, -0.2) is 4.98 Å². The molecule has 0 saturated carbocycles. The standard InChI is InChI=1S/C22H23N3O2/c1-14-2-3-17-11-18(13-26)21(24-20(17)10-14)15-4-6-16(7-5-15)22(27)25-9-8-19(23)12-25/h2-7,10-11,19,26H,8-9,12-13,23H2,1H3/t19-/m0/s1. The molecule has 1 aliphatic rings. The Balaban J connectivity index is 1.68. The van der Waals surface area contributed by atoms with Gasteiger partial charge in [-0.1, -0.05) is 24.3 Å². The fourth-order valence-electron chi connectivity index (χ4n) is 3.62. The summed E-state index contributed by atoms with van der Waals surface area (Å²) in [6.07, 6.45) is 0.851. The second-order valence-electron chi connectivity index (χ2n) is 7.23. The number of nitrogens with two attached hydrogens (primary N) is 1. The van der Waals surface area contributed by atoms with E-state index in [2.05, 4.69) is 0 Å². The highest BCUT2D eigenvalue weighted by Crippen LogP contribution is 2.27. The second kappa shape index (κ2) is 7.10. The lowest BCUT2D eigenvalue weighted by atomic mass is 10.0. The van der Waals surface area contributed by atoms with Crippen LogP contribution < -0.4 is 5.73 Å². The highest BCUT2D eigenvalue weighted by atomic mass is 16.3. The van der Waals surface area contributed by atoms with Crippen molar-refractivity contribution in [2.45, 2.75) is 26.0 Å². The second-order valence-corrected chi connectivity index (χ2v) is 7.23. The Kier molecular flexibility index (Phi) is 4.64. The third-order valence-electron chi connectivity index (χ3n) is 5.14. The van der Waals surface area contributed by atoms with E-state index in [0.29, 0.717) is 18.7 Å². The topological polar surface area (TPSA) is 79.5 Å². The van der Waals surface area contributed by atoms with E-state index in [1.165, 1.54) is 0 Å². The summed E-state index contributed by atoms with van der Waals surface area (Å²) >= 11 is 0. The average molecular weight is 361 g/mol. The Labute approximate surface area is 158 Å². The van der Waals surface area contributed by atoms with Crippen molar-refractivity contribution >= 4 is 16.8 Å². The lowest BCUT2D eigenvalue weighted by molar-refractivity contribution is 0.0791.